The molecule has 0 fully saturated rings. The number of carboxylic acids is 1. The highest BCUT2D eigenvalue weighted by atomic mass is 16.4. The third-order valence-corrected chi connectivity index (χ3v) is 4.06. The van der Waals surface area contributed by atoms with Gasteiger partial charge in [0.2, 0.25) is 0 Å². The van der Waals surface area contributed by atoms with Crippen molar-refractivity contribution < 1.29 is 14.7 Å². The summed E-state index contributed by atoms with van der Waals surface area (Å²) in [6.07, 6.45) is 2.96. The molecule has 0 spiro atoms. The molecule has 1 heterocycles. The van der Waals surface area contributed by atoms with Gasteiger partial charge in [-0.1, -0.05) is 18.2 Å². The Morgan fingerprint density at radius 2 is 1.96 bits per heavy atom. The Morgan fingerprint density at radius 3 is 2.71 bits per heavy atom. The molecule has 3 rings (SSSR count). The molecule has 7 nitrogen and oxygen atoms in total. The summed E-state index contributed by atoms with van der Waals surface area (Å²) in [6.45, 7) is 0.443. The molecule has 1 aromatic carbocycles. The van der Waals surface area contributed by atoms with Crippen LogP contribution in [0.4, 0.5) is 4.79 Å². The van der Waals surface area contributed by atoms with Crippen molar-refractivity contribution in [1.29, 1.82) is 0 Å². The van der Waals surface area contributed by atoms with Crippen LogP contribution in [0.3, 0.4) is 0 Å². The second kappa shape index (κ2) is 7.16. The molecule has 24 heavy (non-hydrogen) atoms. The van der Waals surface area contributed by atoms with Crippen molar-refractivity contribution in [2.24, 2.45) is 0 Å². The number of fused-ring (bicyclic) bond motifs is 1. The van der Waals surface area contributed by atoms with Crippen LogP contribution in [0.25, 0.3) is 5.69 Å². The van der Waals surface area contributed by atoms with Gasteiger partial charge in [-0.3, -0.25) is 4.79 Å². The fourth-order valence-corrected chi connectivity index (χ4v) is 2.95. The van der Waals surface area contributed by atoms with Crippen LogP contribution in [0.15, 0.2) is 30.3 Å². The molecule has 0 radical (unpaired) electrons. The number of hydrogen-bond acceptors (Lipinski definition) is 3. The average Bonchev–Trinajstić information content (AvgIpc) is 3.16. The molecular weight excluding hydrogens is 308 g/mol. The minimum atomic E-state index is -0.935. The van der Waals surface area contributed by atoms with E-state index in [0.29, 0.717) is 6.54 Å². The molecule has 0 saturated carbocycles. The number of carbonyl (C=O) groups excluding carboxylic acids is 1. The molecule has 2 aromatic rings. The number of benzene rings is 1. The number of carbonyl (C=O) groups is 2. The third-order valence-electron chi connectivity index (χ3n) is 4.06. The Labute approximate surface area is 139 Å². The van der Waals surface area contributed by atoms with E-state index in [-0.39, 0.29) is 19.0 Å². The van der Waals surface area contributed by atoms with Crippen LogP contribution in [-0.2, 0) is 24.2 Å². The van der Waals surface area contributed by atoms with E-state index in [0.717, 1.165) is 30.6 Å². The lowest BCUT2D eigenvalue weighted by molar-refractivity contribution is -0.136. The van der Waals surface area contributed by atoms with Crippen LogP contribution in [0.1, 0.15) is 29.8 Å². The van der Waals surface area contributed by atoms with Gasteiger partial charge >= 0.3 is 12.0 Å². The zero-order chi connectivity index (χ0) is 16.9. The number of carboxylic acid groups (broad SMARTS) is 1. The Hall–Kier alpha value is -2.83. The molecule has 1 aromatic heterocycles. The highest BCUT2D eigenvalue weighted by molar-refractivity contribution is 5.75. The van der Waals surface area contributed by atoms with Crippen molar-refractivity contribution in [3.8, 4) is 5.69 Å². The van der Waals surface area contributed by atoms with Gasteiger partial charge in [0.1, 0.15) is 0 Å². The molecule has 0 atom stereocenters. The number of para-hydroxylation sites is 1. The van der Waals surface area contributed by atoms with Crippen LogP contribution < -0.4 is 10.6 Å². The van der Waals surface area contributed by atoms with Crippen molar-refractivity contribution in [3.63, 3.8) is 0 Å². The average molecular weight is 328 g/mol. The van der Waals surface area contributed by atoms with Crippen LogP contribution in [0, 0.1) is 0 Å². The number of urea groups is 1. The summed E-state index contributed by atoms with van der Waals surface area (Å²) in [7, 11) is 0. The Kier molecular flexibility index (Phi) is 4.79. The molecular formula is C17H20N4O3. The summed E-state index contributed by atoms with van der Waals surface area (Å²) in [5.41, 5.74) is 4.32. The minimum Gasteiger partial charge on any atom is -0.481 e. The Balaban J connectivity index is 1.67. The molecule has 1 aliphatic carbocycles. The van der Waals surface area contributed by atoms with E-state index in [9.17, 15) is 9.59 Å². The topological polar surface area (TPSA) is 96.2 Å². The number of rotatable bonds is 6. The largest absolute Gasteiger partial charge is 0.481 e. The Bertz CT molecular complexity index is 740. The molecule has 126 valence electrons. The first-order valence-corrected chi connectivity index (χ1v) is 8.03. The molecule has 0 bridgehead atoms. The lowest BCUT2D eigenvalue weighted by Crippen LogP contribution is -2.36. The highest BCUT2D eigenvalue weighted by Crippen LogP contribution is 2.27. The van der Waals surface area contributed by atoms with Gasteiger partial charge in [0.25, 0.3) is 0 Å². The quantitative estimate of drug-likeness (QED) is 0.751. The lowest BCUT2D eigenvalue weighted by Gasteiger charge is -2.06. The molecule has 7 heteroatoms. The van der Waals surface area contributed by atoms with Gasteiger partial charge < -0.3 is 15.7 Å². The maximum Gasteiger partial charge on any atom is 0.315 e. The minimum absolute atomic E-state index is 0.0918. The summed E-state index contributed by atoms with van der Waals surface area (Å²) in [5.74, 6) is -0.935. The monoisotopic (exact) mass is 328 g/mol. The number of aliphatic carboxylic acids is 1. The highest BCUT2D eigenvalue weighted by Gasteiger charge is 2.23. The van der Waals surface area contributed by atoms with Crippen molar-refractivity contribution >= 4 is 12.0 Å². The fourth-order valence-electron chi connectivity index (χ4n) is 2.95. The van der Waals surface area contributed by atoms with E-state index in [4.69, 9.17) is 5.11 Å². The van der Waals surface area contributed by atoms with E-state index in [1.54, 1.807) is 0 Å². The summed E-state index contributed by atoms with van der Waals surface area (Å²) in [5, 5.41) is 18.5. The second-order valence-electron chi connectivity index (χ2n) is 5.73. The summed E-state index contributed by atoms with van der Waals surface area (Å²) in [4.78, 5) is 22.2. The molecule has 0 unspecified atom stereocenters. The predicted molar refractivity (Wildman–Crippen MR) is 88.1 cm³/mol. The van der Waals surface area contributed by atoms with E-state index >= 15 is 0 Å². The first-order valence-electron chi connectivity index (χ1n) is 8.03. The van der Waals surface area contributed by atoms with E-state index in [2.05, 4.69) is 15.7 Å². The van der Waals surface area contributed by atoms with Crippen LogP contribution >= 0.6 is 0 Å². The normalized spacial score (nSPS) is 12.7. The van der Waals surface area contributed by atoms with Crippen molar-refractivity contribution in [1.82, 2.24) is 20.4 Å². The fraction of sp³-hybridized carbons (Fsp3) is 0.353. The summed E-state index contributed by atoms with van der Waals surface area (Å²) in [6, 6.07) is 9.58. The van der Waals surface area contributed by atoms with Crippen molar-refractivity contribution in [2.75, 3.05) is 6.54 Å². The maximum atomic E-state index is 11.7. The van der Waals surface area contributed by atoms with Crippen molar-refractivity contribution in [2.45, 2.75) is 32.2 Å². The third kappa shape index (κ3) is 3.56. The van der Waals surface area contributed by atoms with Crippen molar-refractivity contribution in [3.05, 3.63) is 47.3 Å². The molecule has 1 aliphatic rings. The smallest absolute Gasteiger partial charge is 0.315 e. The van der Waals surface area contributed by atoms with E-state index in [1.807, 2.05) is 35.0 Å². The van der Waals surface area contributed by atoms with Gasteiger partial charge in [-0.15, -0.1) is 0 Å². The van der Waals surface area contributed by atoms with E-state index < -0.39 is 5.97 Å². The first-order chi connectivity index (χ1) is 11.6. The van der Waals surface area contributed by atoms with Gasteiger partial charge in [-0.25, -0.2) is 9.48 Å². The van der Waals surface area contributed by atoms with Crippen LogP contribution in [0.2, 0.25) is 0 Å². The number of amides is 2. The molecule has 2 amide bonds. The first kappa shape index (κ1) is 16.0. The number of nitrogens with zero attached hydrogens (tertiary/aromatic N) is 2. The summed E-state index contributed by atoms with van der Waals surface area (Å²) < 4.78 is 1.96. The van der Waals surface area contributed by atoms with Crippen LogP contribution in [-0.4, -0.2) is 33.4 Å². The van der Waals surface area contributed by atoms with Gasteiger partial charge in [-0.2, -0.15) is 5.10 Å². The van der Waals surface area contributed by atoms with Crippen LogP contribution in [0.5, 0.6) is 0 Å². The maximum absolute atomic E-state index is 11.7. The zero-order valence-corrected chi connectivity index (χ0v) is 13.3. The standard InChI is InChI=1S/C17H20N4O3/c22-16(23)9-10-18-17(24)19-11-14-13-7-4-8-15(13)21(20-14)12-5-2-1-3-6-12/h1-3,5-6H,4,7-11H2,(H,22,23)(H2,18,19,24). The molecule has 3 N–H and O–H groups in total. The summed E-state index contributed by atoms with van der Waals surface area (Å²) >= 11 is 0. The van der Waals surface area contributed by atoms with E-state index in [1.165, 1.54) is 11.3 Å². The number of aromatic nitrogens is 2. The predicted octanol–water partition coefficient (Wildman–Crippen LogP) is 1.63. The number of nitrogens with one attached hydrogen (secondary N) is 2. The number of hydrogen-bond donors (Lipinski definition) is 3. The zero-order valence-electron chi connectivity index (χ0n) is 13.3. The van der Waals surface area contributed by atoms with Gasteiger partial charge in [-0.05, 0) is 37.0 Å². The Morgan fingerprint density at radius 1 is 1.17 bits per heavy atom. The molecule has 0 saturated heterocycles. The van der Waals surface area contributed by atoms with Gasteiger partial charge in [0.15, 0.2) is 0 Å². The van der Waals surface area contributed by atoms with Gasteiger partial charge in [0, 0.05) is 12.2 Å². The van der Waals surface area contributed by atoms with Gasteiger partial charge in [0.05, 0.1) is 24.3 Å². The second-order valence-corrected chi connectivity index (χ2v) is 5.73. The molecule has 0 aliphatic heterocycles. The lowest BCUT2D eigenvalue weighted by atomic mass is 10.2. The SMILES string of the molecule is O=C(O)CCNC(=O)NCc1nn(-c2ccccc2)c2c1CCC2.